The maximum absolute atomic E-state index is 14.6. The van der Waals surface area contributed by atoms with Gasteiger partial charge in [0.25, 0.3) is 0 Å². The molecule has 0 saturated carbocycles. The number of likely N-dealkylation sites (tertiary alicyclic amines) is 1. The normalized spacial score (nSPS) is 20.7. The Kier molecular flexibility index (Phi) is 6.48. The number of hydrogen-bond donors (Lipinski definition) is 1. The Morgan fingerprint density at radius 2 is 1.89 bits per heavy atom. The van der Waals surface area contributed by atoms with Crippen molar-refractivity contribution in [2.45, 2.75) is 31.5 Å². The standard InChI is InChI=1S/C26H28ClFN6O3/c1-33-13-20(35-2)21(14-33)37-26-30-23-15(25(31-26)34-9-4-3-5-10-34)7-6-8-19(23)36-24-16-12-29-32-18(16)11-17(28)22(24)27/h6-8,11-12,20-21H,3-5,9-10,13-14H2,1-2H3,(H,29,32)/t20-,21-/m1/s1. The van der Waals surface area contributed by atoms with Gasteiger partial charge in [0.15, 0.2) is 11.5 Å². The fraction of sp³-hybridized carbons (Fsp3) is 0.423. The number of fused-ring (bicyclic) bond motifs is 2. The van der Waals surface area contributed by atoms with Crippen molar-refractivity contribution in [1.29, 1.82) is 0 Å². The Morgan fingerprint density at radius 3 is 2.70 bits per heavy atom. The topological polar surface area (TPSA) is 88.6 Å². The Bertz CT molecular complexity index is 1440. The Balaban J connectivity index is 1.47. The van der Waals surface area contributed by atoms with Gasteiger partial charge in [-0.3, -0.25) is 10.00 Å². The Labute approximate surface area is 218 Å². The summed E-state index contributed by atoms with van der Waals surface area (Å²) in [5.74, 6) is 0.793. The van der Waals surface area contributed by atoms with Gasteiger partial charge in [-0.2, -0.15) is 15.1 Å². The molecule has 2 aliphatic heterocycles. The minimum absolute atomic E-state index is 0.0882. The van der Waals surface area contributed by atoms with Crippen molar-refractivity contribution >= 4 is 39.2 Å². The third-order valence-electron chi connectivity index (χ3n) is 7.07. The van der Waals surface area contributed by atoms with Gasteiger partial charge < -0.3 is 19.1 Å². The van der Waals surface area contributed by atoms with Crippen LogP contribution in [-0.2, 0) is 4.74 Å². The molecule has 37 heavy (non-hydrogen) atoms. The molecule has 2 aromatic heterocycles. The first kappa shape index (κ1) is 24.1. The van der Waals surface area contributed by atoms with Crippen LogP contribution in [0.3, 0.4) is 0 Å². The van der Waals surface area contributed by atoms with Gasteiger partial charge in [-0.1, -0.05) is 17.7 Å². The van der Waals surface area contributed by atoms with Crippen LogP contribution in [0, 0.1) is 5.82 Å². The van der Waals surface area contributed by atoms with E-state index in [-0.39, 0.29) is 29.0 Å². The van der Waals surface area contributed by atoms with Gasteiger partial charge in [-0.05, 0) is 38.4 Å². The summed E-state index contributed by atoms with van der Waals surface area (Å²) < 4.78 is 32.8. The number of halogens is 2. The summed E-state index contributed by atoms with van der Waals surface area (Å²) >= 11 is 6.35. The average molecular weight is 527 g/mol. The van der Waals surface area contributed by atoms with Crippen LogP contribution in [0.4, 0.5) is 10.2 Å². The first-order valence-electron chi connectivity index (χ1n) is 12.4. The summed E-state index contributed by atoms with van der Waals surface area (Å²) in [4.78, 5) is 14.1. The van der Waals surface area contributed by atoms with E-state index in [0.29, 0.717) is 28.7 Å². The van der Waals surface area contributed by atoms with Crippen LogP contribution in [0.15, 0.2) is 30.5 Å². The Morgan fingerprint density at radius 1 is 1.08 bits per heavy atom. The second kappa shape index (κ2) is 9.92. The van der Waals surface area contributed by atoms with Crippen LogP contribution in [-0.4, -0.2) is 77.6 Å². The van der Waals surface area contributed by atoms with Crippen LogP contribution in [0.25, 0.3) is 21.8 Å². The van der Waals surface area contributed by atoms with E-state index in [4.69, 9.17) is 35.8 Å². The lowest BCUT2D eigenvalue weighted by molar-refractivity contribution is 0.0300. The molecule has 0 spiro atoms. The predicted octanol–water partition coefficient (Wildman–Crippen LogP) is 4.79. The molecule has 1 N–H and O–H groups in total. The van der Waals surface area contributed by atoms with Gasteiger partial charge >= 0.3 is 6.01 Å². The number of rotatable bonds is 6. The van der Waals surface area contributed by atoms with Crippen molar-refractivity contribution in [3.8, 4) is 17.5 Å². The molecule has 11 heteroatoms. The van der Waals surface area contributed by atoms with E-state index in [2.05, 4.69) is 20.0 Å². The lowest BCUT2D eigenvalue weighted by Crippen LogP contribution is -2.33. The van der Waals surface area contributed by atoms with Crippen molar-refractivity contribution < 1.29 is 18.6 Å². The van der Waals surface area contributed by atoms with Gasteiger partial charge in [0.2, 0.25) is 0 Å². The van der Waals surface area contributed by atoms with Crippen molar-refractivity contribution in [2.75, 3.05) is 45.2 Å². The molecular formula is C26H28ClFN6O3. The third kappa shape index (κ3) is 4.54. The van der Waals surface area contributed by atoms with E-state index in [1.807, 2.05) is 19.2 Å². The molecule has 2 saturated heterocycles. The van der Waals surface area contributed by atoms with Crippen molar-refractivity contribution in [3.63, 3.8) is 0 Å². The Hall–Kier alpha value is -3.21. The van der Waals surface area contributed by atoms with E-state index in [0.717, 1.165) is 43.7 Å². The second-order valence-electron chi connectivity index (χ2n) is 9.62. The monoisotopic (exact) mass is 526 g/mol. The quantitative estimate of drug-likeness (QED) is 0.384. The highest BCUT2D eigenvalue weighted by atomic mass is 35.5. The van der Waals surface area contributed by atoms with E-state index >= 15 is 0 Å². The molecule has 2 aromatic carbocycles. The average Bonchev–Trinajstić information content (AvgIpc) is 3.52. The molecule has 0 unspecified atom stereocenters. The fourth-order valence-electron chi connectivity index (χ4n) is 5.18. The molecule has 0 aliphatic carbocycles. The number of aromatic nitrogens is 4. The molecule has 9 nitrogen and oxygen atoms in total. The van der Waals surface area contributed by atoms with Crippen LogP contribution in [0.5, 0.6) is 17.5 Å². The van der Waals surface area contributed by atoms with Crippen LogP contribution in [0.1, 0.15) is 19.3 Å². The fourth-order valence-corrected chi connectivity index (χ4v) is 5.38. The summed E-state index contributed by atoms with van der Waals surface area (Å²) in [5, 5.41) is 8.07. The van der Waals surface area contributed by atoms with E-state index < -0.39 is 5.82 Å². The zero-order valence-corrected chi connectivity index (χ0v) is 21.5. The maximum atomic E-state index is 14.6. The van der Waals surface area contributed by atoms with Crippen molar-refractivity contribution in [1.82, 2.24) is 25.1 Å². The number of likely N-dealkylation sites (N-methyl/N-ethyl adjacent to an activating group) is 1. The number of nitrogens with one attached hydrogen (secondary N) is 1. The number of H-pyrrole nitrogens is 1. The maximum Gasteiger partial charge on any atom is 0.319 e. The third-order valence-corrected chi connectivity index (χ3v) is 7.42. The molecule has 2 atom stereocenters. The van der Waals surface area contributed by atoms with Gasteiger partial charge in [0, 0.05) is 44.7 Å². The molecule has 2 fully saturated rings. The summed E-state index contributed by atoms with van der Waals surface area (Å²) in [6, 6.07) is 7.19. The number of ether oxygens (including phenoxy) is 3. The molecule has 2 aliphatic rings. The van der Waals surface area contributed by atoms with Gasteiger partial charge in [0.1, 0.15) is 34.4 Å². The minimum Gasteiger partial charge on any atom is -0.456 e. The molecule has 6 rings (SSSR count). The zero-order valence-electron chi connectivity index (χ0n) is 20.7. The van der Waals surface area contributed by atoms with E-state index in [1.165, 1.54) is 12.5 Å². The number of nitrogens with zero attached hydrogens (tertiary/aromatic N) is 5. The molecule has 0 radical (unpaired) electrons. The predicted molar refractivity (Wildman–Crippen MR) is 139 cm³/mol. The number of para-hydroxylation sites is 1. The lowest BCUT2D eigenvalue weighted by atomic mass is 10.1. The highest BCUT2D eigenvalue weighted by molar-refractivity contribution is 6.33. The lowest BCUT2D eigenvalue weighted by Gasteiger charge is -2.29. The number of benzene rings is 2. The summed E-state index contributed by atoms with van der Waals surface area (Å²) in [6.45, 7) is 3.26. The minimum atomic E-state index is -0.600. The van der Waals surface area contributed by atoms with E-state index in [1.54, 1.807) is 19.4 Å². The molecule has 4 heterocycles. The number of anilines is 1. The molecular weight excluding hydrogens is 499 g/mol. The second-order valence-corrected chi connectivity index (χ2v) is 9.99. The van der Waals surface area contributed by atoms with Crippen LogP contribution < -0.4 is 14.4 Å². The smallest absolute Gasteiger partial charge is 0.319 e. The molecule has 194 valence electrons. The summed E-state index contributed by atoms with van der Waals surface area (Å²) in [7, 11) is 3.72. The van der Waals surface area contributed by atoms with Gasteiger partial charge in [-0.15, -0.1) is 0 Å². The van der Waals surface area contributed by atoms with Crippen molar-refractivity contribution in [2.24, 2.45) is 0 Å². The zero-order chi connectivity index (χ0) is 25.5. The number of methoxy groups -OCH3 is 1. The summed E-state index contributed by atoms with van der Waals surface area (Å²) in [5.41, 5.74) is 1.05. The SMILES string of the molecule is CO[C@@H]1CN(C)C[C@H]1Oc1nc(N2CCCCC2)c2cccc(Oc3c(Cl)c(F)cc4[nH]ncc34)c2n1. The number of hydrogen-bond acceptors (Lipinski definition) is 8. The van der Waals surface area contributed by atoms with Crippen molar-refractivity contribution in [3.05, 3.63) is 41.3 Å². The molecule has 4 aromatic rings. The first-order valence-corrected chi connectivity index (χ1v) is 12.8. The van der Waals surface area contributed by atoms with Gasteiger partial charge in [0.05, 0.1) is 17.1 Å². The van der Waals surface area contributed by atoms with Gasteiger partial charge in [-0.25, -0.2) is 4.39 Å². The summed E-state index contributed by atoms with van der Waals surface area (Å²) in [6.07, 6.45) is 4.64. The highest BCUT2D eigenvalue weighted by Gasteiger charge is 2.34. The number of piperidine rings is 1. The molecule has 0 amide bonds. The van der Waals surface area contributed by atoms with Crippen LogP contribution in [0.2, 0.25) is 5.02 Å². The first-order chi connectivity index (χ1) is 18.0. The highest BCUT2D eigenvalue weighted by Crippen LogP contribution is 2.41. The molecule has 0 bridgehead atoms. The largest absolute Gasteiger partial charge is 0.456 e. The number of aromatic amines is 1. The van der Waals surface area contributed by atoms with Crippen LogP contribution >= 0.6 is 11.6 Å². The van der Waals surface area contributed by atoms with E-state index in [9.17, 15) is 4.39 Å².